The van der Waals surface area contributed by atoms with Gasteiger partial charge in [0.2, 0.25) is 11.8 Å². The summed E-state index contributed by atoms with van der Waals surface area (Å²) in [4.78, 5) is 26.5. The van der Waals surface area contributed by atoms with Gasteiger partial charge in [-0.15, -0.1) is 0 Å². The molecule has 2 aliphatic rings. The Balaban J connectivity index is 1.39. The van der Waals surface area contributed by atoms with Gasteiger partial charge in [-0.2, -0.15) is 5.10 Å². The van der Waals surface area contributed by atoms with E-state index in [-0.39, 0.29) is 23.7 Å². The zero-order valence-corrected chi connectivity index (χ0v) is 15.5. The number of aryl methyl sites for hydroxylation is 1. The quantitative estimate of drug-likeness (QED) is 0.831. The van der Waals surface area contributed by atoms with E-state index in [1.807, 2.05) is 48.6 Å². The second-order valence-corrected chi connectivity index (χ2v) is 7.36. The molecule has 1 aromatic heterocycles. The van der Waals surface area contributed by atoms with Gasteiger partial charge in [-0.3, -0.25) is 14.3 Å². The monoisotopic (exact) mass is 367 g/mol. The number of anilines is 1. The first-order valence-electron chi connectivity index (χ1n) is 9.48. The van der Waals surface area contributed by atoms with Gasteiger partial charge >= 0.3 is 0 Å². The predicted octanol–water partition coefficient (Wildman–Crippen LogP) is 1.17. The molecule has 4 rings (SSSR count). The van der Waals surface area contributed by atoms with Crippen LogP contribution >= 0.6 is 0 Å². The fraction of sp³-hybridized carbons (Fsp3) is 0.450. The lowest BCUT2D eigenvalue weighted by molar-refractivity contribution is -0.125. The van der Waals surface area contributed by atoms with Gasteiger partial charge in [-0.05, 0) is 29.7 Å². The molecule has 0 unspecified atom stereocenters. The Labute approximate surface area is 158 Å². The molecule has 2 fully saturated rings. The summed E-state index contributed by atoms with van der Waals surface area (Å²) in [6, 6.07) is 7.87. The van der Waals surface area contributed by atoms with Gasteiger partial charge in [0.25, 0.3) is 0 Å². The molecule has 2 atom stereocenters. The van der Waals surface area contributed by atoms with Crippen molar-refractivity contribution in [2.75, 3.05) is 24.5 Å². The summed E-state index contributed by atoms with van der Waals surface area (Å²) in [5, 5.41) is 10.6. The van der Waals surface area contributed by atoms with Crippen molar-refractivity contribution in [3.63, 3.8) is 0 Å². The number of nitrogens with one attached hydrogen (secondary N) is 2. The number of nitrogens with zero attached hydrogens (tertiary/aromatic N) is 3. The molecule has 3 heterocycles. The lowest BCUT2D eigenvalue weighted by atomic mass is 9.90. The van der Waals surface area contributed by atoms with Crippen molar-refractivity contribution in [1.82, 2.24) is 20.4 Å². The van der Waals surface area contributed by atoms with E-state index < -0.39 is 0 Å². The molecule has 0 spiro atoms. The van der Waals surface area contributed by atoms with E-state index in [0.29, 0.717) is 19.5 Å². The molecule has 2 aliphatic heterocycles. The number of hydrogen-bond donors (Lipinski definition) is 2. The maximum absolute atomic E-state index is 12.8. The highest BCUT2D eigenvalue weighted by Gasteiger charge is 2.34. The molecule has 0 bridgehead atoms. The summed E-state index contributed by atoms with van der Waals surface area (Å²) < 4.78 is 1.77. The first kappa shape index (κ1) is 17.7. The molecule has 2 N–H and O–H groups in total. The molecule has 2 aromatic rings. The van der Waals surface area contributed by atoms with Gasteiger partial charge in [-0.25, -0.2) is 0 Å². The summed E-state index contributed by atoms with van der Waals surface area (Å²) in [5.74, 6) is 0.272. The molecule has 2 saturated heterocycles. The molecule has 0 saturated carbocycles. The molecular formula is C20H25N5O2. The number of aromatic nitrogens is 2. The molecule has 142 valence electrons. The van der Waals surface area contributed by atoms with Crippen molar-refractivity contribution in [3.8, 4) is 0 Å². The average molecular weight is 367 g/mol. The zero-order valence-electron chi connectivity index (χ0n) is 15.5. The number of hydrogen-bond acceptors (Lipinski definition) is 4. The van der Waals surface area contributed by atoms with Gasteiger partial charge in [0.05, 0.1) is 12.1 Å². The van der Waals surface area contributed by atoms with Crippen LogP contribution in [0.15, 0.2) is 36.7 Å². The lowest BCUT2D eigenvalue weighted by Gasteiger charge is -2.18. The molecule has 7 heteroatoms. The molecular weight excluding hydrogens is 342 g/mol. The number of rotatable bonds is 5. The van der Waals surface area contributed by atoms with Crippen LogP contribution in [-0.2, 0) is 23.2 Å². The van der Waals surface area contributed by atoms with Crippen LogP contribution in [0.2, 0.25) is 0 Å². The maximum atomic E-state index is 12.8. The smallest absolute Gasteiger partial charge is 0.227 e. The van der Waals surface area contributed by atoms with Crippen molar-refractivity contribution < 1.29 is 9.59 Å². The normalized spacial score (nSPS) is 22.4. The van der Waals surface area contributed by atoms with E-state index in [0.717, 1.165) is 36.3 Å². The zero-order chi connectivity index (χ0) is 18.8. The van der Waals surface area contributed by atoms with Gasteiger partial charge in [0.1, 0.15) is 0 Å². The Bertz CT molecular complexity index is 846. The Morgan fingerprint density at radius 2 is 2.26 bits per heavy atom. The highest BCUT2D eigenvalue weighted by atomic mass is 16.2. The Morgan fingerprint density at radius 3 is 3.00 bits per heavy atom. The molecule has 0 radical (unpaired) electrons. The third-order valence-corrected chi connectivity index (χ3v) is 5.47. The summed E-state index contributed by atoms with van der Waals surface area (Å²) in [6.45, 7) is 2.70. The average Bonchev–Trinajstić information content (AvgIpc) is 3.40. The van der Waals surface area contributed by atoms with E-state index in [9.17, 15) is 9.59 Å². The van der Waals surface area contributed by atoms with Gasteiger partial charge in [0.15, 0.2) is 0 Å². The first-order chi connectivity index (χ1) is 13.1. The van der Waals surface area contributed by atoms with Crippen LogP contribution in [-0.4, -0.2) is 41.2 Å². The third kappa shape index (κ3) is 3.73. The Morgan fingerprint density at radius 1 is 1.37 bits per heavy atom. The van der Waals surface area contributed by atoms with Crippen molar-refractivity contribution in [2.24, 2.45) is 13.0 Å². The van der Waals surface area contributed by atoms with Crippen LogP contribution in [0.25, 0.3) is 0 Å². The minimum atomic E-state index is -0.0995. The minimum absolute atomic E-state index is 0.0523. The van der Waals surface area contributed by atoms with E-state index >= 15 is 0 Å². The molecule has 0 aliphatic carbocycles. The van der Waals surface area contributed by atoms with Crippen LogP contribution in [0.4, 0.5) is 5.69 Å². The summed E-state index contributed by atoms with van der Waals surface area (Å²) in [5.41, 5.74) is 3.02. The highest BCUT2D eigenvalue weighted by Crippen LogP contribution is 2.28. The second kappa shape index (κ2) is 7.52. The van der Waals surface area contributed by atoms with Crippen LogP contribution in [0, 0.1) is 5.92 Å². The van der Waals surface area contributed by atoms with Crippen molar-refractivity contribution in [3.05, 3.63) is 47.8 Å². The molecule has 1 aromatic carbocycles. The largest absolute Gasteiger partial charge is 0.352 e. The summed E-state index contributed by atoms with van der Waals surface area (Å²) in [6.07, 6.45) is 5.35. The third-order valence-electron chi connectivity index (χ3n) is 5.47. The number of benzene rings is 1. The maximum Gasteiger partial charge on any atom is 0.227 e. The number of carbonyl (C=O) groups is 2. The van der Waals surface area contributed by atoms with E-state index in [1.165, 1.54) is 0 Å². The fourth-order valence-electron chi connectivity index (χ4n) is 4.01. The van der Waals surface area contributed by atoms with Crippen molar-refractivity contribution >= 4 is 17.5 Å². The second-order valence-electron chi connectivity index (χ2n) is 7.36. The first-order valence-corrected chi connectivity index (χ1v) is 9.48. The summed E-state index contributed by atoms with van der Waals surface area (Å²) in [7, 11) is 1.89. The molecule has 27 heavy (non-hydrogen) atoms. The summed E-state index contributed by atoms with van der Waals surface area (Å²) >= 11 is 0. The van der Waals surface area contributed by atoms with Crippen molar-refractivity contribution in [2.45, 2.75) is 25.3 Å². The van der Waals surface area contributed by atoms with E-state index in [4.69, 9.17) is 0 Å². The standard InChI is InChI=1S/C20H25N5O2/c1-24-13-15(10-23-24)17-11-21-12-18(17)20(27)22-9-14-4-2-5-16(8-14)25-7-3-6-19(25)26/h2,4-5,8,10,13,17-18,21H,3,6-7,9,11-12H2,1H3,(H,22,27)/t17-,18+/m1/s1. The Hall–Kier alpha value is -2.67. The van der Waals surface area contributed by atoms with Crippen LogP contribution < -0.4 is 15.5 Å². The highest BCUT2D eigenvalue weighted by molar-refractivity contribution is 5.95. The predicted molar refractivity (Wildman–Crippen MR) is 102 cm³/mol. The molecule has 2 amide bonds. The van der Waals surface area contributed by atoms with E-state index in [2.05, 4.69) is 15.7 Å². The van der Waals surface area contributed by atoms with Crippen molar-refractivity contribution in [1.29, 1.82) is 0 Å². The molecule has 7 nitrogen and oxygen atoms in total. The number of amides is 2. The van der Waals surface area contributed by atoms with Gasteiger partial charge in [-0.1, -0.05) is 12.1 Å². The van der Waals surface area contributed by atoms with Gasteiger partial charge in [0, 0.05) is 57.4 Å². The Kier molecular flexibility index (Phi) is 4.94. The minimum Gasteiger partial charge on any atom is -0.352 e. The fourth-order valence-corrected chi connectivity index (χ4v) is 4.01. The number of carbonyl (C=O) groups excluding carboxylic acids is 2. The van der Waals surface area contributed by atoms with Crippen LogP contribution in [0.5, 0.6) is 0 Å². The van der Waals surface area contributed by atoms with Crippen LogP contribution in [0.1, 0.15) is 29.9 Å². The SMILES string of the molecule is Cn1cc([C@H]2CNC[C@@H]2C(=O)NCc2cccc(N3CCCC3=O)c2)cn1. The van der Waals surface area contributed by atoms with Gasteiger partial charge < -0.3 is 15.5 Å². The van der Waals surface area contributed by atoms with E-state index in [1.54, 1.807) is 4.68 Å². The van der Waals surface area contributed by atoms with Crippen LogP contribution in [0.3, 0.4) is 0 Å². The lowest BCUT2D eigenvalue weighted by Crippen LogP contribution is -2.34. The topological polar surface area (TPSA) is 79.3 Å².